The zero-order valence-corrected chi connectivity index (χ0v) is 9.77. The van der Waals surface area contributed by atoms with Gasteiger partial charge in [-0.25, -0.2) is 0 Å². The molecule has 1 nitrogen and oxygen atoms in total. The van der Waals surface area contributed by atoms with E-state index >= 15 is 0 Å². The van der Waals surface area contributed by atoms with E-state index in [1.165, 1.54) is 16.7 Å². The molecule has 0 heterocycles. The Morgan fingerprint density at radius 3 is 1.83 bits per heavy atom. The third-order valence-electron chi connectivity index (χ3n) is 1.85. The summed E-state index contributed by atoms with van der Waals surface area (Å²) in [5.41, 5.74) is 4.98. The molecule has 0 bridgehead atoms. The molecule has 1 radical (unpaired) electrons. The summed E-state index contributed by atoms with van der Waals surface area (Å²) in [6.45, 7) is 6.29. The largest absolute Gasteiger partial charge is 0.538 e. The maximum atomic E-state index is 3.66. The predicted molar refractivity (Wildman–Crippen MR) is 49.6 cm³/mol. The van der Waals surface area contributed by atoms with E-state index in [4.69, 9.17) is 0 Å². The Morgan fingerprint density at radius 1 is 1.08 bits per heavy atom. The molecule has 0 fully saturated rings. The molecule has 0 spiro atoms. The minimum atomic E-state index is 0. The van der Waals surface area contributed by atoms with Gasteiger partial charge in [-0.1, -0.05) is 17.7 Å². The normalized spacial score (nSPS) is 9.00. The molecule has 0 aliphatic heterocycles. The van der Waals surface area contributed by atoms with Gasteiger partial charge in [0.2, 0.25) is 0 Å². The summed E-state index contributed by atoms with van der Waals surface area (Å²) in [5, 5.41) is 2.94. The number of benzene rings is 1. The number of hydrogen-bond donors (Lipinski definition) is 1. The third-order valence-corrected chi connectivity index (χ3v) is 1.85. The van der Waals surface area contributed by atoms with E-state index in [0.29, 0.717) is 0 Å². The molecule has 1 N–H and O–H groups in total. The molecule has 0 saturated heterocycles. The van der Waals surface area contributed by atoms with Gasteiger partial charge in [0.05, 0.1) is 0 Å². The molecule has 0 aliphatic rings. The van der Waals surface area contributed by atoms with Crippen molar-refractivity contribution in [3.05, 3.63) is 35.9 Å². The fourth-order valence-electron chi connectivity index (χ4n) is 1.46. The van der Waals surface area contributed by atoms with Crippen molar-refractivity contribution in [3.63, 3.8) is 0 Å². The van der Waals surface area contributed by atoms with Crippen LogP contribution in [0.5, 0.6) is 0 Å². The van der Waals surface area contributed by atoms with Crippen LogP contribution >= 0.6 is 0 Å². The molecular formula is C10H14LrN-. The maximum absolute atomic E-state index is 3.66. The summed E-state index contributed by atoms with van der Waals surface area (Å²) in [7, 11) is 3.66. The van der Waals surface area contributed by atoms with Crippen LogP contribution in [-0.4, -0.2) is 0 Å². The number of aryl methyl sites for hydroxylation is 3. The molecular weight excluding hydrogens is 396 g/mol. The van der Waals surface area contributed by atoms with Crippen LogP contribution in [0.2, 0.25) is 0 Å². The summed E-state index contributed by atoms with van der Waals surface area (Å²) in [4.78, 5) is 0. The molecule has 0 unspecified atom stereocenters. The average molecular weight is 410 g/mol. The summed E-state index contributed by atoms with van der Waals surface area (Å²) >= 11 is 0. The van der Waals surface area contributed by atoms with Crippen LogP contribution in [0, 0.1) is 27.8 Å². The van der Waals surface area contributed by atoms with E-state index in [2.05, 4.69) is 45.3 Å². The Labute approximate surface area is 68.4 Å². The molecule has 12 heavy (non-hydrogen) atoms. The molecule has 0 aliphatic carbocycles. The molecule has 2 heteroatoms. The number of hydrogen-bond acceptors (Lipinski definition) is 1. The van der Waals surface area contributed by atoms with Gasteiger partial charge in [-0.15, -0.1) is 0 Å². The molecule has 0 atom stereocenters. The summed E-state index contributed by atoms with van der Waals surface area (Å²) in [6.07, 6.45) is 0. The van der Waals surface area contributed by atoms with Crippen molar-refractivity contribution in [2.24, 2.45) is 0 Å². The molecule has 1 aromatic carbocycles. The molecule has 0 saturated carbocycles. The molecule has 1 rings (SSSR count). The van der Waals surface area contributed by atoms with Gasteiger partial charge in [0, 0.05) is 5.69 Å². The molecule has 75 valence electrons. The van der Waals surface area contributed by atoms with Crippen molar-refractivity contribution in [2.75, 3.05) is 5.32 Å². The monoisotopic (exact) mass is 410 g/mol. The Hall–Kier alpha value is -1.98. The van der Waals surface area contributed by atoms with Gasteiger partial charge in [-0.3, -0.25) is 7.05 Å². The fraction of sp³-hybridized carbons (Fsp3) is 0.300. The quantitative estimate of drug-likeness (QED) is 0.703. The standard InChI is InChI=1S/C10H14N.Lr/c1-7-5-8(2)10(11-4)9(3)6-7;/h5-6,11H,4H2,1-3H3;/q-1;. The van der Waals surface area contributed by atoms with E-state index < -0.39 is 0 Å². The first kappa shape index (κ1) is 10.0. The second kappa shape index (κ2) is 3.42. The van der Waals surface area contributed by atoms with Crippen LogP contribution in [0.4, 0.5) is 5.69 Å². The van der Waals surface area contributed by atoms with E-state index in [0.717, 1.165) is 5.69 Å². The smallest absolute Gasteiger partial charge is 0.0104 e. The second-order valence-electron chi connectivity index (χ2n) is 2.95. The van der Waals surface area contributed by atoms with Gasteiger partial charge in [0.25, 0.3) is 0 Å². The van der Waals surface area contributed by atoms with Gasteiger partial charge >= 0.3 is 0 Å². The van der Waals surface area contributed by atoms with Crippen molar-refractivity contribution >= 4 is 5.69 Å². The number of nitrogens with one attached hydrogen (secondary N) is 1. The van der Waals surface area contributed by atoms with Crippen molar-refractivity contribution in [1.82, 2.24) is 0 Å². The number of rotatable bonds is 1. The zero-order chi connectivity index (χ0) is 8.43. The average Bonchev–Trinajstić information content (AvgIpc) is 1.85. The Morgan fingerprint density at radius 2 is 1.50 bits per heavy atom. The van der Waals surface area contributed by atoms with Crippen LogP contribution in [-0.2, 0) is 0 Å². The van der Waals surface area contributed by atoms with Crippen molar-refractivity contribution in [3.8, 4) is 0 Å². The first-order valence-corrected chi connectivity index (χ1v) is 3.76. The summed E-state index contributed by atoms with van der Waals surface area (Å²) in [5.74, 6) is 0. The molecule has 0 amide bonds. The Kier molecular flexibility index (Phi) is 2.86. The van der Waals surface area contributed by atoms with Crippen molar-refractivity contribution < 1.29 is 0 Å². The second-order valence-corrected chi connectivity index (χ2v) is 2.95. The van der Waals surface area contributed by atoms with Crippen LogP contribution in [0.3, 0.4) is 0 Å². The van der Waals surface area contributed by atoms with Gasteiger partial charge in [-0.2, -0.15) is 0 Å². The molecule has 1 aromatic rings. The fourth-order valence-corrected chi connectivity index (χ4v) is 1.46. The van der Waals surface area contributed by atoms with Crippen molar-refractivity contribution in [2.45, 2.75) is 20.8 Å². The maximum Gasteiger partial charge on any atom is 0.0104 e. The SMILES string of the molecule is [CH2-]Nc1c(C)cc(C)cc1C.[Lr]. The van der Waals surface area contributed by atoms with Crippen LogP contribution < -0.4 is 5.32 Å². The Balaban J connectivity index is 0.00000121. The molecule has 0 aromatic heterocycles. The first-order valence-electron chi connectivity index (χ1n) is 3.76. The van der Waals surface area contributed by atoms with Crippen LogP contribution in [0.25, 0.3) is 0 Å². The van der Waals surface area contributed by atoms with E-state index in [1.807, 2.05) is 0 Å². The zero-order valence-electron chi connectivity index (χ0n) is 7.62. The van der Waals surface area contributed by atoms with Crippen LogP contribution in [0.15, 0.2) is 12.1 Å². The van der Waals surface area contributed by atoms with Gasteiger partial charge in [0.15, 0.2) is 0 Å². The third kappa shape index (κ3) is 1.54. The first-order chi connectivity index (χ1) is 5.15. The number of anilines is 1. The summed E-state index contributed by atoms with van der Waals surface area (Å²) < 4.78 is 0. The van der Waals surface area contributed by atoms with E-state index in [-0.39, 0.29) is 0 Å². The van der Waals surface area contributed by atoms with Gasteiger partial charge in [0.1, 0.15) is 0 Å². The van der Waals surface area contributed by atoms with E-state index in [9.17, 15) is 0 Å². The predicted octanol–water partition coefficient (Wildman–Crippen LogP) is 2.82. The minimum absolute atomic E-state index is 0. The van der Waals surface area contributed by atoms with Gasteiger partial charge < -0.3 is 5.32 Å². The van der Waals surface area contributed by atoms with E-state index in [1.54, 1.807) is 0 Å². The summed E-state index contributed by atoms with van der Waals surface area (Å²) in [6, 6.07) is 4.31. The van der Waals surface area contributed by atoms with Crippen molar-refractivity contribution in [1.29, 1.82) is 0 Å². The minimum Gasteiger partial charge on any atom is -0.538 e. The van der Waals surface area contributed by atoms with Crippen LogP contribution in [0.1, 0.15) is 16.7 Å². The topological polar surface area (TPSA) is 12.0 Å². The Bertz CT molecular complexity index is 246. The van der Waals surface area contributed by atoms with Gasteiger partial charge in [-0.05, 0) is 31.9 Å².